The zero-order valence-electron chi connectivity index (χ0n) is 20.8. The molecule has 1 aliphatic rings. The number of aromatic nitrogens is 3. The van der Waals surface area contributed by atoms with E-state index in [1.165, 1.54) is 6.33 Å². The zero-order chi connectivity index (χ0) is 26.3. The highest BCUT2D eigenvalue weighted by Crippen LogP contribution is 2.35. The molecular weight excluding hydrogens is 504 g/mol. The Hall–Kier alpha value is -4.21. The van der Waals surface area contributed by atoms with Crippen molar-refractivity contribution in [2.75, 3.05) is 30.8 Å². The second-order valence-corrected chi connectivity index (χ2v) is 9.12. The first-order valence-corrected chi connectivity index (χ1v) is 12.6. The average Bonchev–Trinajstić information content (AvgIpc) is 2.93. The number of carbonyl (C=O) groups excluding carboxylic acids is 1. The summed E-state index contributed by atoms with van der Waals surface area (Å²) in [5.74, 6) is 1.42. The molecule has 3 heterocycles. The van der Waals surface area contributed by atoms with Crippen molar-refractivity contribution in [3.63, 3.8) is 0 Å². The molecule has 2 aromatic carbocycles. The van der Waals surface area contributed by atoms with E-state index in [1.807, 2.05) is 24.3 Å². The molecule has 1 fully saturated rings. The van der Waals surface area contributed by atoms with Crippen LogP contribution in [-0.4, -0.2) is 41.1 Å². The number of anilines is 3. The quantitative estimate of drug-likeness (QED) is 0.265. The van der Waals surface area contributed by atoms with E-state index < -0.39 is 0 Å². The smallest absolute Gasteiger partial charge is 0.248 e. The van der Waals surface area contributed by atoms with E-state index in [0.29, 0.717) is 45.5 Å². The fraction of sp³-hybridized carbons (Fsp3) is 0.214. The predicted octanol–water partition coefficient (Wildman–Crippen LogP) is 5.26. The molecule has 38 heavy (non-hydrogen) atoms. The minimum absolute atomic E-state index is 0.195. The molecule has 0 aliphatic carbocycles. The van der Waals surface area contributed by atoms with Crippen LogP contribution >= 0.6 is 11.6 Å². The highest BCUT2D eigenvalue weighted by molar-refractivity contribution is 6.32. The molecule has 1 saturated heterocycles. The molecular formula is C28H27ClN6O3. The molecule has 3 N–H and O–H groups in total. The maximum absolute atomic E-state index is 12.7. The standard InChI is InChI=1S/C28H27ClN6O3/c1-37-26-15-23-21(14-24(26)35-27(36)12-18-7-10-30-11-8-18)28(33-17-32-23)34-19-5-6-25(22(29)13-19)38-16-20-4-2-3-9-31-20/h2-6,9,12-15,17,30H,7-8,10-11,16H2,1H3,(H,35,36)(H,32,33,34). The van der Waals surface area contributed by atoms with Crippen LogP contribution in [0, 0.1) is 0 Å². The molecule has 0 radical (unpaired) electrons. The van der Waals surface area contributed by atoms with Crippen molar-refractivity contribution in [3.05, 3.63) is 83.4 Å². The number of pyridine rings is 1. The monoisotopic (exact) mass is 530 g/mol. The van der Waals surface area contributed by atoms with Crippen molar-refractivity contribution in [2.24, 2.45) is 0 Å². The Morgan fingerprint density at radius 1 is 1.08 bits per heavy atom. The molecule has 0 bridgehead atoms. The van der Waals surface area contributed by atoms with E-state index in [-0.39, 0.29) is 5.91 Å². The Balaban J connectivity index is 1.36. The zero-order valence-corrected chi connectivity index (χ0v) is 21.6. The van der Waals surface area contributed by atoms with Gasteiger partial charge in [-0.15, -0.1) is 0 Å². The summed E-state index contributed by atoms with van der Waals surface area (Å²) < 4.78 is 11.3. The van der Waals surface area contributed by atoms with Gasteiger partial charge in [0.05, 0.1) is 29.0 Å². The molecule has 5 rings (SSSR count). The molecule has 4 aromatic rings. The molecule has 0 spiro atoms. The topological polar surface area (TPSA) is 110 Å². The summed E-state index contributed by atoms with van der Waals surface area (Å²) in [6, 6.07) is 14.6. The van der Waals surface area contributed by atoms with Gasteiger partial charge in [0, 0.05) is 29.4 Å². The van der Waals surface area contributed by atoms with Gasteiger partial charge >= 0.3 is 0 Å². The summed E-state index contributed by atoms with van der Waals surface area (Å²) in [5, 5.41) is 10.7. The van der Waals surface area contributed by atoms with Crippen LogP contribution in [0.15, 0.2) is 72.7 Å². The van der Waals surface area contributed by atoms with Gasteiger partial charge in [-0.1, -0.05) is 23.2 Å². The van der Waals surface area contributed by atoms with Crippen LogP contribution in [0.5, 0.6) is 11.5 Å². The van der Waals surface area contributed by atoms with Crippen molar-refractivity contribution in [3.8, 4) is 11.5 Å². The summed E-state index contributed by atoms with van der Waals surface area (Å²) in [6.07, 6.45) is 6.58. The van der Waals surface area contributed by atoms with Gasteiger partial charge in [0.1, 0.15) is 30.3 Å². The van der Waals surface area contributed by atoms with Crippen LogP contribution in [0.1, 0.15) is 18.5 Å². The number of amides is 1. The maximum atomic E-state index is 12.7. The van der Waals surface area contributed by atoms with E-state index in [1.54, 1.807) is 43.6 Å². The summed E-state index contributed by atoms with van der Waals surface area (Å²) >= 11 is 6.49. The van der Waals surface area contributed by atoms with Crippen LogP contribution in [0.2, 0.25) is 5.02 Å². The van der Waals surface area contributed by atoms with E-state index in [9.17, 15) is 4.79 Å². The SMILES string of the molecule is COc1cc2ncnc(Nc3ccc(OCc4ccccn4)c(Cl)c3)c2cc1NC(=O)C=C1CCNCC1. The fourth-order valence-electron chi connectivity index (χ4n) is 4.16. The van der Waals surface area contributed by atoms with Crippen LogP contribution in [0.25, 0.3) is 10.9 Å². The third-order valence-corrected chi connectivity index (χ3v) is 6.39. The van der Waals surface area contributed by atoms with Gasteiger partial charge in [-0.2, -0.15) is 0 Å². The highest BCUT2D eigenvalue weighted by Gasteiger charge is 2.14. The molecule has 1 aliphatic heterocycles. The predicted molar refractivity (Wildman–Crippen MR) is 148 cm³/mol. The third-order valence-electron chi connectivity index (χ3n) is 6.09. The number of hydrogen-bond donors (Lipinski definition) is 3. The highest BCUT2D eigenvalue weighted by atomic mass is 35.5. The second kappa shape index (κ2) is 11.9. The number of methoxy groups -OCH3 is 1. The number of rotatable bonds is 8. The lowest BCUT2D eigenvalue weighted by Crippen LogP contribution is -2.24. The van der Waals surface area contributed by atoms with Crippen molar-refractivity contribution in [1.29, 1.82) is 0 Å². The molecule has 0 saturated carbocycles. The number of carbonyl (C=O) groups is 1. The number of fused-ring (bicyclic) bond motifs is 1. The summed E-state index contributed by atoms with van der Waals surface area (Å²) in [7, 11) is 1.56. The lowest BCUT2D eigenvalue weighted by Gasteiger charge is -2.16. The number of nitrogens with zero attached hydrogens (tertiary/aromatic N) is 3. The van der Waals surface area contributed by atoms with Gasteiger partial charge in [-0.25, -0.2) is 9.97 Å². The van der Waals surface area contributed by atoms with E-state index in [0.717, 1.165) is 42.9 Å². The number of ether oxygens (including phenoxy) is 2. The summed E-state index contributed by atoms with van der Waals surface area (Å²) in [4.78, 5) is 25.8. The lowest BCUT2D eigenvalue weighted by molar-refractivity contribution is -0.112. The Kier molecular flexibility index (Phi) is 7.96. The molecule has 9 nitrogen and oxygen atoms in total. The largest absolute Gasteiger partial charge is 0.494 e. The fourth-order valence-corrected chi connectivity index (χ4v) is 4.40. The van der Waals surface area contributed by atoms with Crippen LogP contribution in [0.3, 0.4) is 0 Å². The first kappa shape index (κ1) is 25.4. The van der Waals surface area contributed by atoms with Crippen LogP contribution in [0.4, 0.5) is 17.2 Å². The van der Waals surface area contributed by atoms with Crippen molar-refractivity contribution < 1.29 is 14.3 Å². The van der Waals surface area contributed by atoms with Gasteiger partial charge in [-0.3, -0.25) is 9.78 Å². The Morgan fingerprint density at radius 3 is 2.71 bits per heavy atom. The Labute approximate surface area is 225 Å². The molecule has 1 amide bonds. The number of nitrogens with one attached hydrogen (secondary N) is 3. The lowest BCUT2D eigenvalue weighted by atomic mass is 10.1. The number of benzene rings is 2. The van der Waals surface area contributed by atoms with Crippen molar-refractivity contribution in [2.45, 2.75) is 19.4 Å². The van der Waals surface area contributed by atoms with Crippen LogP contribution in [-0.2, 0) is 11.4 Å². The molecule has 10 heteroatoms. The van der Waals surface area contributed by atoms with Gasteiger partial charge in [0.25, 0.3) is 0 Å². The summed E-state index contributed by atoms with van der Waals surface area (Å²) in [6.45, 7) is 2.08. The minimum Gasteiger partial charge on any atom is -0.494 e. The third kappa shape index (κ3) is 6.19. The second-order valence-electron chi connectivity index (χ2n) is 8.71. The summed E-state index contributed by atoms with van der Waals surface area (Å²) in [5.41, 5.74) is 3.84. The average molecular weight is 531 g/mol. The van der Waals surface area contributed by atoms with Gasteiger partial charge in [0.2, 0.25) is 5.91 Å². The van der Waals surface area contributed by atoms with E-state index >= 15 is 0 Å². The Morgan fingerprint density at radius 2 is 1.95 bits per heavy atom. The normalized spacial score (nSPS) is 13.2. The van der Waals surface area contributed by atoms with Crippen molar-refractivity contribution in [1.82, 2.24) is 20.3 Å². The first-order chi connectivity index (χ1) is 18.6. The van der Waals surface area contributed by atoms with Crippen LogP contribution < -0.4 is 25.4 Å². The van der Waals surface area contributed by atoms with Crippen molar-refractivity contribution >= 4 is 45.6 Å². The molecule has 2 aromatic heterocycles. The van der Waals surface area contributed by atoms with Gasteiger partial charge in [-0.05, 0) is 62.3 Å². The van der Waals surface area contributed by atoms with Gasteiger partial charge < -0.3 is 25.4 Å². The minimum atomic E-state index is -0.195. The molecule has 0 unspecified atom stereocenters. The van der Waals surface area contributed by atoms with Gasteiger partial charge in [0.15, 0.2) is 0 Å². The number of halogens is 1. The first-order valence-electron chi connectivity index (χ1n) is 12.2. The molecule has 0 atom stereocenters. The van der Waals surface area contributed by atoms with E-state index in [2.05, 4.69) is 30.9 Å². The number of piperidine rings is 1. The molecule has 194 valence electrons. The Bertz CT molecular complexity index is 1470. The maximum Gasteiger partial charge on any atom is 0.248 e. The number of hydrogen-bond acceptors (Lipinski definition) is 8. The van der Waals surface area contributed by atoms with E-state index in [4.69, 9.17) is 21.1 Å².